The van der Waals surface area contributed by atoms with E-state index in [-0.39, 0.29) is 22.8 Å². The normalized spacial score (nSPS) is 11.7. The number of benzene rings is 9. The molecule has 0 spiro atoms. The lowest BCUT2D eigenvalue weighted by Crippen LogP contribution is -2.11. The third-order valence-corrected chi connectivity index (χ3v) is 14.6. The van der Waals surface area contributed by atoms with Crippen LogP contribution in [0.15, 0.2) is 206 Å². The molecule has 3 aromatic heterocycles. The molecule has 0 aliphatic rings. The molecule has 0 radical (unpaired) electrons. The van der Waals surface area contributed by atoms with Crippen LogP contribution < -0.4 is 0 Å². The average molecular weight is 1010 g/mol. The van der Waals surface area contributed by atoms with Crippen LogP contribution in [0.25, 0.3) is 118 Å². The maximum atomic E-state index is 16.1. The first-order valence-corrected chi connectivity index (χ1v) is 25.8. The molecule has 0 bridgehead atoms. The molecule has 8 heteroatoms. The van der Waals surface area contributed by atoms with E-state index in [4.69, 9.17) is 19.9 Å². The predicted octanol–water partition coefficient (Wildman–Crippen LogP) is 18.6. The number of aryl methyl sites for hydroxylation is 6. The van der Waals surface area contributed by atoms with Crippen LogP contribution >= 0.6 is 0 Å². The predicted molar refractivity (Wildman–Crippen MR) is 309 cm³/mol. The van der Waals surface area contributed by atoms with Crippen LogP contribution in [0, 0.1) is 41.5 Å². The van der Waals surface area contributed by atoms with E-state index in [2.05, 4.69) is 107 Å². The molecular weight excluding hydrogens is 956 g/mol. The SMILES string of the molecule is Cc1cc(C)c(-c2ccc3c4ccc(-c5c(C)cc(C)cc5C)cc4n(-c4c(-c5nc(-c6ccccc6)cc(-c6ccccc6)n5)cc(C(F)(F)F)cc4-c4nc(-c5ccccc5)cc(-c5ccccc5)n4)c3c2)c(C)c1. The highest BCUT2D eigenvalue weighted by atomic mass is 19.4. The molecule has 5 nitrogen and oxygen atoms in total. The summed E-state index contributed by atoms with van der Waals surface area (Å²) >= 11 is 0. The summed E-state index contributed by atoms with van der Waals surface area (Å²) in [6.07, 6.45) is -4.82. The second-order valence-corrected chi connectivity index (χ2v) is 20.2. The molecule has 9 aromatic carbocycles. The minimum Gasteiger partial charge on any atom is -0.308 e. The van der Waals surface area contributed by atoms with Crippen molar-refractivity contribution in [3.8, 4) is 95.7 Å². The lowest BCUT2D eigenvalue weighted by molar-refractivity contribution is -0.137. The highest BCUT2D eigenvalue weighted by molar-refractivity contribution is 6.12. The van der Waals surface area contributed by atoms with Crippen LogP contribution in [-0.2, 0) is 6.18 Å². The summed E-state index contributed by atoms with van der Waals surface area (Å²) in [6.45, 7) is 12.7. The van der Waals surface area contributed by atoms with E-state index < -0.39 is 11.7 Å². The maximum absolute atomic E-state index is 16.1. The minimum atomic E-state index is -4.82. The molecule has 0 aliphatic carbocycles. The largest absolute Gasteiger partial charge is 0.416 e. The van der Waals surface area contributed by atoms with E-state index in [1.54, 1.807) is 0 Å². The molecule has 374 valence electrons. The zero-order valence-electron chi connectivity index (χ0n) is 43.5. The molecule has 0 unspecified atom stereocenters. The molecule has 77 heavy (non-hydrogen) atoms. The monoisotopic (exact) mass is 1010 g/mol. The summed E-state index contributed by atoms with van der Waals surface area (Å²) < 4.78 is 50.5. The fraction of sp³-hybridized carbons (Fsp3) is 0.101. The van der Waals surface area contributed by atoms with Crippen LogP contribution in [0.5, 0.6) is 0 Å². The van der Waals surface area contributed by atoms with Gasteiger partial charge in [-0.25, -0.2) is 19.9 Å². The van der Waals surface area contributed by atoms with Crippen molar-refractivity contribution in [2.75, 3.05) is 0 Å². The van der Waals surface area contributed by atoms with Gasteiger partial charge in [0.05, 0.1) is 45.1 Å². The van der Waals surface area contributed by atoms with Gasteiger partial charge in [0, 0.05) is 44.2 Å². The van der Waals surface area contributed by atoms with Crippen LogP contribution in [0.2, 0.25) is 0 Å². The van der Waals surface area contributed by atoms with Crippen LogP contribution in [0.4, 0.5) is 13.2 Å². The number of alkyl halides is 3. The van der Waals surface area contributed by atoms with Gasteiger partial charge in [-0.1, -0.05) is 181 Å². The Balaban J connectivity index is 1.29. The van der Waals surface area contributed by atoms with Gasteiger partial charge in [-0.15, -0.1) is 0 Å². The van der Waals surface area contributed by atoms with Crippen LogP contribution in [-0.4, -0.2) is 24.5 Å². The number of hydrogen-bond donors (Lipinski definition) is 0. The summed E-state index contributed by atoms with van der Waals surface area (Å²) in [5, 5.41) is 1.83. The second kappa shape index (κ2) is 19.5. The number of halogens is 3. The summed E-state index contributed by atoms with van der Waals surface area (Å²) in [5.41, 5.74) is 17.6. The van der Waals surface area contributed by atoms with Crippen molar-refractivity contribution in [2.24, 2.45) is 0 Å². The Morgan fingerprint density at radius 2 is 0.649 bits per heavy atom. The molecule has 3 heterocycles. The highest BCUT2D eigenvalue weighted by Gasteiger charge is 2.35. The Labute approximate surface area is 446 Å². The summed E-state index contributed by atoms with van der Waals surface area (Å²) in [7, 11) is 0. The molecular formula is C69H52F3N5. The first kappa shape index (κ1) is 48.7. The van der Waals surface area contributed by atoms with E-state index in [0.717, 1.165) is 99.7 Å². The maximum Gasteiger partial charge on any atom is 0.416 e. The van der Waals surface area contributed by atoms with E-state index >= 15 is 13.2 Å². The standard InChI is InChI=1S/C69H52F3N5/c1-41-31-43(3)64(44(4)32-41)51-27-29-54-55-30-28-52(65-45(5)33-42(2)34-46(65)6)36-63(55)77(62(54)35-51)66-56(67-73-58(47-19-11-7-12-20-47)39-59(74-67)48-21-13-8-14-22-48)37-53(69(70,71)72)38-57(66)68-75-60(49-23-15-9-16-24-49)40-61(76-68)50-25-17-10-18-26-50/h7-40H,1-6H3. The van der Waals surface area contributed by atoms with E-state index in [1.165, 1.54) is 12.1 Å². The quantitative estimate of drug-likeness (QED) is 0.145. The second-order valence-electron chi connectivity index (χ2n) is 20.2. The lowest BCUT2D eigenvalue weighted by atomic mass is 9.92. The zero-order valence-corrected chi connectivity index (χ0v) is 43.5. The third-order valence-electron chi connectivity index (χ3n) is 14.6. The zero-order chi connectivity index (χ0) is 53.1. The van der Waals surface area contributed by atoms with Gasteiger partial charge in [-0.2, -0.15) is 13.2 Å². The molecule has 12 aromatic rings. The van der Waals surface area contributed by atoms with Crippen molar-refractivity contribution in [1.29, 1.82) is 0 Å². The first-order chi connectivity index (χ1) is 37.2. The Kier molecular flexibility index (Phi) is 12.3. The fourth-order valence-corrected chi connectivity index (χ4v) is 11.4. The molecule has 0 amide bonds. The molecule has 0 aliphatic heterocycles. The van der Waals surface area contributed by atoms with Crippen molar-refractivity contribution in [2.45, 2.75) is 47.7 Å². The van der Waals surface area contributed by atoms with E-state index in [9.17, 15) is 0 Å². The average Bonchev–Trinajstić information content (AvgIpc) is 3.83. The fourth-order valence-electron chi connectivity index (χ4n) is 11.4. The van der Waals surface area contributed by atoms with Crippen LogP contribution in [0.1, 0.15) is 38.9 Å². The molecule has 0 saturated heterocycles. The molecule has 0 fully saturated rings. The lowest BCUT2D eigenvalue weighted by Gasteiger charge is -2.22. The summed E-state index contributed by atoms with van der Waals surface area (Å²) in [5.74, 6) is 0.209. The number of nitrogens with zero attached hydrogens (tertiary/aromatic N) is 5. The first-order valence-electron chi connectivity index (χ1n) is 25.8. The van der Waals surface area contributed by atoms with Gasteiger partial charge in [0.2, 0.25) is 0 Å². The Bertz CT molecular complexity index is 3820. The Morgan fingerprint density at radius 3 is 0.948 bits per heavy atom. The van der Waals surface area contributed by atoms with Gasteiger partial charge in [0.25, 0.3) is 0 Å². The summed E-state index contributed by atoms with van der Waals surface area (Å²) in [4.78, 5) is 21.1. The van der Waals surface area contributed by atoms with Crippen LogP contribution in [0.3, 0.4) is 0 Å². The van der Waals surface area contributed by atoms with Gasteiger partial charge in [0.1, 0.15) is 0 Å². The van der Waals surface area contributed by atoms with Crippen molar-refractivity contribution in [3.63, 3.8) is 0 Å². The van der Waals surface area contributed by atoms with E-state index in [0.29, 0.717) is 28.5 Å². The number of rotatable bonds is 9. The molecule has 0 N–H and O–H groups in total. The van der Waals surface area contributed by atoms with Crippen molar-refractivity contribution in [1.82, 2.24) is 24.5 Å². The van der Waals surface area contributed by atoms with Gasteiger partial charge in [-0.3, -0.25) is 0 Å². The topological polar surface area (TPSA) is 56.5 Å². The smallest absolute Gasteiger partial charge is 0.308 e. The van der Waals surface area contributed by atoms with Gasteiger partial charge in [0.15, 0.2) is 11.6 Å². The van der Waals surface area contributed by atoms with Gasteiger partial charge >= 0.3 is 6.18 Å². The van der Waals surface area contributed by atoms with Gasteiger partial charge in [-0.05, 0) is 122 Å². The third kappa shape index (κ3) is 9.16. The summed E-state index contributed by atoms with van der Waals surface area (Å²) in [6, 6.07) is 66.7. The number of fused-ring (bicyclic) bond motifs is 3. The number of aromatic nitrogens is 5. The van der Waals surface area contributed by atoms with Crippen molar-refractivity contribution < 1.29 is 13.2 Å². The van der Waals surface area contributed by atoms with Crippen molar-refractivity contribution >= 4 is 21.8 Å². The minimum absolute atomic E-state index is 0.104. The number of hydrogen-bond acceptors (Lipinski definition) is 4. The van der Waals surface area contributed by atoms with E-state index in [1.807, 2.05) is 133 Å². The highest BCUT2D eigenvalue weighted by Crippen LogP contribution is 2.47. The molecule has 0 saturated carbocycles. The van der Waals surface area contributed by atoms with Crippen molar-refractivity contribution in [3.05, 3.63) is 245 Å². The Hall–Kier alpha value is -9.27. The molecule has 0 atom stereocenters. The Morgan fingerprint density at radius 1 is 0.338 bits per heavy atom. The van der Waals surface area contributed by atoms with Gasteiger partial charge < -0.3 is 4.57 Å². The molecule has 12 rings (SSSR count).